The van der Waals surface area contributed by atoms with Gasteiger partial charge in [0.1, 0.15) is 0 Å². The van der Waals surface area contributed by atoms with Gasteiger partial charge >= 0.3 is 5.97 Å². The van der Waals surface area contributed by atoms with Gasteiger partial charge in [-0.25, -0.2) is 4.79 Å². The predicted octanol–water partition coefficient (Wildman–Crippen LogP) is 3.68. The molecule has 2 rings (SSSR count). The first-order valence-corrected chi connectivity index (χ1v) is 6.50. The SMILES string of the molecule is Cc1ccc(NC2CCCC2(C)C)c(C(=O)O)c1. The van der Waals surface area contributed by atoms with Crippen molar-refractivity contribution in [3.8, 4) is 0 Å². The molecule has 1 saturated carbocycles. The summed E-state index contributed by atoms with van der Waals surface area (Å²) >= 11 is 0. The highest BCUT2D eigenvalue weighted by Gasteiger charge is 2.34. The van der Waals surface area contributed by atoms with Crippen LogP contribution in [0.15, 0.2) is 18.2 Å². The molecule has 1 aliphatic rings. The van der Waals surface area contributed by atoms with Crippen LogP contribution >= 0.6 is 0 Å². The lowest BCUT2D eigenvalue weighted by Gasteiger charge is -2.29. The average molecular weight is 247 g/mol. The molecule has 0 aromatic heterocycles. The summed E-state index contributed by atoms with van der Waals surface area (Å²) in [7, 11) is 0. The van der Waals surface area contributed by atoms with Gasteiger partial charge in [-0.15, -0.1) is 0 Å². The van der Waals surface area contributed by atoms with Crippen molar-refractivity contribution in [2.75, 3.05) is 5.32 Å². The molecule has 1 aromatic carbocycles. The molecule has 0 bridgehead atoms. The molecule has 0 spiro atoms. The van der Waals surface area contributed by atoms with E-state index >= 15 is 0 Å². The largest absolute Gasteiger partial charge is 0.478 e. The van der Waals surface area contributed by atoms with E-state index in [1.807, 2.05) is 19.1 Å². The number of carboxylic acid groups (broad SMARTS) is 1. The molecule has 0 saturated heterocycles. The van der Waals surface area contributed by atoms with Crippen molar-refractivity contribution in [2.24, 2.45) is 5.41 Å². The monoisotopic (exact) mass is 247 g/mol. The second kappa shape index (κ2) is 4.63. The van der Waals surface area contributed by atoms with Crippen LogP contribution in [0.4, 0.5) is 5.69 Å². The van der Waals surface area contributed by atoms with Crippen molar-refractivity contribution in [3.05, 3.63) is 29.3 Å². The molecule has 98 valence electrons. The molecule has 3 nitrogen and oxygen atoms in total. The molecule has 1 atom stereocenters. The Morgan fingerprint density at radius 3 is 2.72 bits per heavy atom. The molecule has 1 fully saturated rings. The normalized spacial score (nSPS) is 21.8. The molecule has 18 heavy (non-hydrogen) atoms. The van der Waals surface area contributed by atoms with Crippen LogP contribution in [0, 0.1) is 12.3 Å². The number of aryl methyl sites for hydroxylation is 1. The summed E-state index contributed by atoms with van der Waals surface area (Å²) in [6.45, 7) is 6.40. The third kappa shape index (κ3) is 2.50. The van der Waals surface area contributed by atoms with E-state index in [9.17, 15) is 9.90 Å². The molecule has 1 aliphatic carbocycles. The van der Waals surface area contributed by atoms with Gasteiger partial charge in [-0.2, -0.15) is 0 Å². The van der Waals surface area contributed by atoms with E-state index in [1.165, 1.54) is 12.8 Å². The fourth-order valence-electron chi connectivity index (χ4n) is 2.74. The highest BCUT2D eigenvalue weighted by Crippen LogP contribution is 2.39. The summed E-state index contributed by atoms with van der Waals surface area (Å²) in [6.07, 6.45) is 3.51. The van der Waals surface area contributed by atoms with Crippen LogP contribution in [0.25, 0.3) is 0 Å². The molecule has 3 heteroatoms. The van der Waals surface area contributed by atoms with Crippen LogP contribution in [-0.2, 0) is 0 Å². The van der Waals surface area contributed by atoms with Crippen molar-refractivity contribution in [3.63, 3.8) is 0 Å². The average Bonchev–Trinajstić information content (AvgIpc) is 2.60. The van der Waals surface area contributed by atoms with Crippen LogP contribution in [0.2, 0.25) is 0 Å². The summed E-state index contributed by atoms with van der Waals surface area (Å²) < 4.78 is 0. The predicted molar refractivity (Wildman–Crippen MR) is 73.2 cm³/mol. The zero-order valence-corrected chi connectivity index (χ0v) is 11.3. The third-order valence-corrected chi connectivity index (χ3v) is 3.99. The number of rotatable bonds is 3. The Labute approximate surface area is 108 Å². The molecule has 1 aromatic rings. The second-order valence-electron chi connectivity index (χ2n) is 5.93. The first kappa shape index (κ1) is 12.9. The maximum Gasteiger partial charge on any atom is 0.337 e. The molecule has 0 amide bonds. The number of anilines is 1. The lowest BCUT2D eigenvalue weighted by atomic mass is 9.87. The summed E-state index contributed by atoms with van der Waals surface area (Å²) in [6, 6.07) is 5.93. The topological polar surface area (TPSA) is 49.3 Å². The van der Waals surface area contributed by atoms with Gasteiger partial charge < -0.3 is 10.4 Å². The van der Waals surface area contributed by atoms with Crippen LogP contribution < -0.4 is 5.32 Å². The standard InChI is InChI=1S/C15H21NO2/c1-10-6-7-12(11(9-10)14(17)18)16-13-5-4-8-15(13,2)3/h6-7,9,13,16H,4-5,8H2,1-3H3,(H,17,18). The summed E-state index contributed by atoms with van der Waals surface area (Å²) in [4.78, 5) is 11.3. The van der Waals surface area contributed by atoms with E-state index in [4.69, 9.17) is 0 Å². The van der Waals surface area contributed by atoms with Crippen LogP contribution in [-0.4, -0.2) is 17.1 Å². The summed E-state index contributed by atoms with van der Waals surface area (Å²) in [5.41, 5.74) is 2.33. The molecular weight excluding hydrogens is 226 g/mol. The number of nitrogens with one attached hydrogen (secondary N) is 1. The van der Waals surface area contributed by atoms with Gasteiger partial charge in [0.15, 0.2) is 0 Å². The van der Waals surface area contributed by atoms with E-state index < -0.39 is 5.97 Å². The van der Waals surface area contributed by atoms with Gasteiger partial charge in [-0.3, -0.25) is 0 Å². The van der Waals surface area contributed by atoms with Crippen molar-refractivity contribution >= 4 is 11.7 Å². The number of hydrogen-bond acceptors (Lipinski definition) is 2. The lowest BCUT2D eigenvalue weighted by Crippen LogP contribution is -2.31. The number of carbonyl (C=O) groups is 1. The minimum Gasteiger partial charge on any atom is -0.478 e. The first-order valence-electron chi connectivity index (χ1n) is 6.50. The molecule has 2 N–H and O–H groups in total. The Morgan fingerprint density at radius 2 is 2.17 bits per heavy atom. The lowest BCUT2D eigenvalue weighted by molar-refractivity contribution is 0.0697. The minimum absolute atomic E-state index is 0.237. The highest BCUT2D eigenvalue weighted by atomic mass is 16.4. The van der Waals surface area contributed by atoms with E-state index in [0.29, 0.717) is 11.6 Å². The van der Waals surface area contributed by atoms with Crippen LogP contribution in [0.1, 0.15) is 49.0 Å². The number of benzene rings is 1. The van der Waals surface area contributed by atoms with Gasteiger partial charge in [0.05, 0.1) is 5.56 Å². The molecule has 0 aliphatic heterocycles. The van der Waals surface area contributed by atoms with Crippen molar-refractivity contribution in [2.45, 2.75) is 46.1 Å². The van der Waals surface area contributed by atoms with Crippen molar-refractivity contribution in [1.29, 1.82) is 0 Å². The van der Waals surface area contributed by atoms with Crippen molar-refractivity contribution < 1.29 is 9.90 Å². The van der Waals surface area contributed by atoms with Gasteiger partial charge in [-0.1, -0.05) is 31.9 Å². The highest BCUT2D eigenvalue weighted by molar-refractivity contribution is 5.94. The first-order chi connectivity index (χ1) is 8.40. The van der Waals surface area contributed by atoms with E-state index in [0.717, 1.165) is 17.7 Å². The summed E-state index contributed by atoms with van der Waals surface area (Å²) in [5, 5.41) is 12.7. The van der Waals surface area contributed by atoms with Gasteiger partial charge in [0.2, 0.25) is 0 Å². The second-order valence-corrected chi connectivity index (χ2v) is 5.93. The van der Waals surface area contributed by atoms with Crippen molar-refractivity contribution in [1.82, 2.24) is 0 Å². The molecule has 0 radical (unpaired) electrons. The zero-order chi connectivity index (χ0) is 13.3. The third-order valence-electron chi connectivity index (χ3n) is 3.99. The van der Waals surface area contributed by atoms with Crippen LogP contribution in [0.5, 0.6) is 0 Å². The fraction of sp³-hybridized carbons (Fsp3) is 0.533. The Bertz CT molecular complexity index is 466. The number of carboxylic acids is 1. The molecule has 1 unspecified atom stereocenters. The maximum absolute atomic E-state index is 11.3. The quantitative estimate of drug-likeness (QED) is 0.856. The van der Waals surface area contributed by atoms with Gasteiger partial charge in [0, 0.05) is 11.7 Å². The Kier molecular flexibility index (Phi) is 3.33. The Hall–Kier alpha value is -1.51. The van der Waals surface area contributed by atoms with Crippen LogP contribution in [0.3, 0.4) is 0 Å². The molecular formula is C15H21NO2. The van der Waals surface area contributed by atoms with Gasteiger partial charge in [0.25, 0.3) is 0 Å². The fourth-order valence-corrected chi connectivity index (χ4v) is 2.74. The van der Waals surface area contributed by atoms with E-state index in [-0.39, 0.29) is 5.41 Å². The Balaban J connectivity index is 2.26. The molecule has 0 heterocycles. The van der Waals surface area contributed by atoms with Gasteiger partial charge in [-0.05, 0) is 37.3 Å². The number of aromatic carboxylic acids is 1. The minimum atomic E-state index is -0.864. The maximum atomic E-state index is 11.3. The van der Waals surface area contributed by atoms with E-state index in [2.05, 4.69) is 19.2 Å². The summed E-state index contributed by atoms with van der Waals surface area (Å²) in [5.74, 6) is -0.864. The van der Waals surface area contributed by atoms with E-state index in [1.54, 1.807) is 6.07 Å². The zero-order valence-electron chi connectivity index (χ0n) is 11.3. The smallest absolute Gasteiger partial charge is 0.337 e. The Morgan fingerprint density at radius 1 is 1.44 bits per heavy atom. The number of hydrogen-bond donors (Lipinski definition) is 2.